The molecule has 0 radical (unpaired) electrons. The summed E-state index contributed by atoms with van der Waals surface area (Å²) in [5, 5.41) is 14.9. The number of alkyl halides is 2. The summed E-state index contributed by atoms with van der Waals surface area (Å²) in [4.78, 5) is 17.8. The van der Waals surface area contributed by atoms with Crippen LogP contribution < -0.4 is 10.6 Å². The van der Waals surface area contributed by atoms with Gasteiger partial charge in [-0.3, -0.25) is 9.48 Å². The van der Waals surface area contributed by atoms with E-state index in [1.54, 1.807) is 27.7 Å². The molecule has 0 aromatic carbocycles. The van der Waals surface area contributed by atoms with E-state index in [2.05, 4.69) is 20.8 Å². The molecule has 0 bridgehead atoms. The number of halogens is 2. The van der Waals surface area contributed by atoms with Gasteiger partial charge in [0.15, 0.2) is 5.65 Å². The third kappa shape index (κ3) is 4.50. The first-order valence-electron chi connectivity index (χ1n) is 11.0. The minimum atomic E-state index is -2.65. The number of amides is 1. The average molecular weight is 446 g/mol. The number of fused-ring (bicyclic) bond motifs is 1. The summed E-state index contributed by atoms with van der Waals surface area (Å²) >= 11 is 0. The van der Waals surface area contributed by atoms with Crippen molar-refractivity contribution in [1.29, 1.82) is 0 Å². The van der Waals surface area contributed by atoms with Gasteiger partial charge in [0.2, 0.25) is 5.92 Å². The number of carbonyl (C=O) groups is 1. The van der Waals surface area contributed by atoms with Gasteiger partial charge < -0.3 is 10.6 Å². The van der Waals surface area contributed by atoms with Crippen molar-refractivity contribution in [2.45, 2.75) is 64.6 Å². The molecule has 0 spiro atoms. The van der Waals surface area contributed by atoms with E-state index in [1.807, 2.05) is 27.0 Å². The highest BCUT2D eigenvalue weighted by Gasteiger charge is 2.39. The smallest absolute Gasteiger partial charge is 0.270 e. The van der Waals surface area contributed by atoms with Crippen LogP contribution in [0.1, 0.15) is 66.1 Å². The predicted molar refractivity (Wildman–Crippen MR) is 116 cm³/mol. The van der Waals surface area contributed by atoms with E-state index in [-0.39, 0.29) is 24.7 Å². The maximum absolute atomic E-state index is 13.8. The minimum Gasteiger partial charge on any atom is -0.342 e. The summed E-state index contributed by atoms with van der Waals surface area (Å²) in [6.45, 7) is 5.06. The topological polar surface area (TPSA) is 89.1 Å². The van der Waals surface area contributed by atoms with Crippen LogP contribution in [0.2, 0.25) is 0 Å². The second kappa shape index (κ2) is 8.93. The first kappa shape index (κ1) is 22.3. The molecule has 1 aliphatic rings. The maximum atomic E-state index is 13.8. The van der Waals surface area contributed by atoms with Gasteiger partial charge in [0.05, 0.1) is 23.6 Å². The fourth-order valence-electron chi connectivity index (χ4n) is 4.41. The van der Waals surface area contributed by atoms with Crippen LogP contribution in [0.5, 0.6) is 0 Å². The van der Waals surface area contributed by atoms with Gasteiger partial charge >= 0.3 is 0 Å². The Morgan fingerprint density at radius 3 is 2.78 bits per heavy atom. The lowest BCUT2D eigenvalue weighted by Crippen LogP contribution is -2.38. The van der Waals surface area contributed by atoms with Gasteiger partial charge in [-0.15, -0.1) is 0 Å². The highest BCUT2D eigenvalue weighted by molar-refractivity contribution is 5.92. The lowest BCUT2D eigenvalue weighted by molar-refractivity contribution is -0.0495. The molecule has 0 saturated heterocycles. The number of nitrogens with zero attached hydrogens (tertiary/aromatic N) is 5. The Labute approximate surface area is 185 Å². The first-order chi connectivity index (χ1) is 15.3. The van der Waals surface area contributed by atoms with Gasteiger partial charge in [0.1, 0.15) is 5.69 Å². The standard InChI is InChI=1S/C22H29F2N7O/c1-4-30-18(7-10-26-30)21(32)28-20(15-5-8-22(23,24)9-6-15)17-13-31-19(27-17)11-16(12-25-3)14(2)29-31/h7,10-11,13,15,20,25H,4-6,8-9,12H2,1-3H3,(H,28,32). The van der Waals surface area contributed by atoms with Crippen molar-refractivity contribution in [1.82, 2.24) is 35.0 Å². The number of hydrogen-bond donors (Lipinski definition) is 2. The molecule has 172 valence electrons. The zero-order valence-corrected chi connectivity index (χ0v) is 18.6. The number of imidazole rings is 1. The Balaban J connectivity index is 1.68. The molecule has 1 unspecified atom stereocenters. The monoisotopic (exact) mass is 445 g/mol. The molecule has 2 N–H and O–H groups in total. The molecule has 3 aromatic heterocycles. The Morgan fingerprint density at radius 2 is 2.09 bits per heavy atom. The van der Waals surface area contributed by atoms with Crippen LogP contribution in [-0.4, -0.2) is 43.3 Å². The normalized spacial score (nSPS) is 17.5. The molecule has 1 fully saturated rings. The molecular formula is C22H29F2N7O. The molecule has 1 amide bonds. The van der Waals surface area contributed by atoms with E-state index in [4.69, 9.17) is 4.98 Å². The van der Waals surface area contributed by atoms with E-state index in [0.29, 0.717) is 43.0 Å². The molecule has 1 saturated carbocycles. The second-order valence-corrected chi connectivity index (χ2v) is 8.43. The van der Waals surface area contributed by atoms with E-state index < -0.39 is 12.0 Å². The average Bonchev–Trinajstić information content (AvgIpc) is 3.39. The van der Waals surface area contributed by atoms with Crippen LogP contribution in [0, 0.1) is 12.8 Å². The number of rotatable bonds is 7. The lowest BCUT2D eigenvalue weighted by Gasteiger charge is -2.33. The molecular weight excluding hydrogens is 416 g/mol. The van der Waals surface area contributed by atoms with Crippen molar-refractivity contribution in [3.63, 3.8) is 0 Å². The summed E-state index contributed by atoms with van der Waals surface area (Å²) in [7, 11) is 1.87. The molecule has 1 aliphatic carbocycles. The van der Waals surface area contributed by atoms with Crippen LogP contribution in [0.15, 0.2) is 24.5 Å². The third-order valence-electron chi connectivity index (χ3n) is 6.21. The van der Waals surface area contributed by atoms with Crippen molar-refractivity contribution in [3.8, 4) is 0 Å². The minimum absolute atomic E-state index is 0.139. The SMILES string of the molecule is CCn1nccc1C(=O)NC(c1cn2nc(C)c(CNC)cc2n1)C1CCC(F)(F)CC1. The van der Waals surface area contributed by atoms with Crippen LogP contribution in [-0.2, 0) is 13.1 Å². The first-order valence-corrected chi connectivity index (χ1v) is 11.0. The van der Waals surface area contributed by atoms with Crippen molar-refractivity contribution < 1.29 is 13.6 Å². The van der Waals surface area contributed by atoms with E-state index in [1.165, 1.54) is 0 Å². The van der Waals surface area contributed by atoms with E-state index >= 15 is 0 Å². The summed E-state index contributed by atoms with van der Waals surface area (Å²) in [5.74, 6) is -3.07. The number of carbonyl (C=O) groups excluding carboxylic acids is 1. The van der Waals surface area contributed by atoms with Crippen molar-refractivity contribution in [3.05, 3.63) is 47.2 Å². The molecule has 8 nitrogen and oxygen atoms in total. The Kier molecular flexibility index (Phi) is 6.23. The lowest BCUT2D eigenvalue weighted by atomic mass is 9.81. The van der Waals surface area contributed by atoms with Gasteiger partial charge in [0.25, 0.3) is 5.91 Å². The molecule has 3 aromatic rings. The maximum Gasteiger partial charge on any atom is 0.270 e. The van der Waals surface area contributed by atoms with Gasteiger partial charge in [-0.2, -0.15) is 10.2 Å². The number of nitrogens with one attached hydrogen (secondary N) is 2. The molecule has 4 rings (SSSR count). The number of aromatic nitrogens is 5. The summed E-state index contributed by atoms with van der Waals surface area (Å²) in [6, 6.07) is 3.12. The fourth-order valence-corrected chi connectivity index (χ4v) is 4.41. The highest BCUT2D eigenvalue weighted by atomic mass is 19.3. The number of hydrogen-bond acceptors (Lipinski definition) is 5. The molecule has 10 heteroatoms. The van der Waals surface area contributed by atoms with Gasteiger partial charge in [-0.05, 0) is 57.4 Å². The summed E-state index contributed by atoms with van der Waals surface area (Å²) in [5.41, 5.74) is 3.63. The summed E-state index contributed by atoms with van der Waals surface area (Å²) in [6.07, 6.45) is 3.63. The number of aryl methyl sites for hydroxylation is 2. The molecule has 0 aliphatic heterocycles. The highest BCUT2D eigenvalue weighted by Crippen LogP contribution is 2.41. The molecule has 32 heavy (non-hydrogen) atoms. The molecule has 3 heterocycles. The van der Waals surface area contributed by atoms with Gasteiger partial charge in [0, 0.05) is 32.1 Å². The summed E-state index contributed by atoms with van der Waals surface area (Å²) < 4.78 is 30.9. The predicted octanol–water partition coefficient (Wildman–Crippen LogP) is 3.27. The van der Waals surface area contributed by atoms with Crippen LogP contribution in [0.3, 0.4) is 0 Å². The van der Waals surface area contributed by atoms with Crippen molar-refractivity contribution >= 4 is 11.6 Å². The van der Waals surface area contributed by atoms with Crippen LogP contribution in [0.4, 0.5) is 8.78 Å². The molecule has 1 atom stereocenters. The second-order valence-electron chi connectivity index (χ2n) is 8.43. The Morgan fingerprint density at radius 1 is 1.34 bits per heavy atom. The van der Waals surface area contributed by atoms with Crippen molar-refractivity contribution in [2.75, 3.05) is 7.05 Å². The quantitative estimate of drug-likeness (QED) is 0.583. The third-order valence-corrected chi connectivity index (χ3v) is 6.21. The van der Waals surface area contributed by atoms with Crippen molar-refractivity contribution in [2.24, 2.45) is 5.92 Å². The van der Waals surface area contributed by atoms with Crippen LogP contribution >= 0.6 is 0 Å². The fraction of sp³-hybridized carbons (Fsp3) is 0.545. The van der Waals surface area contributed by atoms with Gasteiger partial charge in [-0.25, -0.2) is 18.3 Å². The zero-order valence-electron chi connectivity index (χ0n) is 18.6. The van der Waals surface area contributed by atoms with E-state index in [9.17, 15) is 13.6 Å². The largest absolute Gasteiger partial charge is 0.342 e. The van der Waals surface area contributed by atoms with Gasteiger partial charge in [-0.1, -0.05) is 0 Å². The van der Waals surface area contributed by atoms with E-state index in [0.717, 1.165) is 11.3 Å². The van der Waals surface area contributed by atoms with Crippen LogP contribution in [0.25, 0.3) is 5.65 Å². The Bertz CT molecular complexity index is 1100. The zero-order chi connectivity index (χ0) is 22.9. The Hall–Kier alpha value is -2.88.